The maximum atomic E-state index is 5.79. The van der Waals surface area contributed by atoms with E-state index in [9.17, 15) is 0 Å². The molecule has 0 saturated carbocycles. The lowest BCUT2D eigenvalue weighted by Crippen LogP contribution is -2.42. The summed E-state index contributed by atoms with van der Waals surface area (Å²) < 4.78 is 5.79. The van der Waals surface area contributed by atoms with Crippen LogP contribution in [-0.4, -0.2) is 29.3 Å². The van der Waals surface area contributed by atoms with Crippen molar-refractivity contribution in [1.82, 2.24) is 10.2 Å². The molecule has 0 spiro atoms. The fourth-order valence-corrected chi connectivity index (χ4v) is 3.66. The first-order chi connectivity index (χ1) is 11.3. The van der Waals surface area contributed by atoms with Gasteiger partial charge in [-0.05, 0) is 42.1 Å². The third kappa shape index (κ3) is 5.03. The van der Waals surface area contributed by atoms with Crippen molar-refractivity contribution in [2.24, 2.45) is 0 Å². The predicted molar refractivity (Wildman–Crippen MR) is 99.6 cm³/mol. The van der Waals surface area contributed by atoms with Gasteiger partial charge in [-0.15, -0.1) is 11.3 Å². The highest BCUT2D eigenvalue weighted by Crippen LogP contribution is 2.17. The molecule has 23 heavy (non-hydrogen) atoms. The molecular formula is C18H22N2OS2. The number of nitrogens with one attached hydrogen (secondary N) is 1. The van der Waals surface area contributed by atoms with Crippen molar-refractivity contribution in [1.29, 1.82) is 0 Å². The van der Waals surface area contributed by atoms with Crippen molar-refractivity contribution in [2.75, 3.05) is 13.2 Å². The van der Waals surface area contributed by atoms with E-state index < -0.39 is 0 Å². The molecule has 3 rings (SSSR count). The molecule has 1 aromatic heterocycles. The smallest absolute Gasteiger partial charge is 0.169 e. The van der Waals surface area contributed by atoms with Gasteiger partial charge in [0.1, 0.15) is 0 Å². The Morgan fingerprint density at radius 3 is 2.83 bits per heavy atom. The van der Waals surface area contributed by atoms with Crippen molar-refractivity contribution in [3.8, 4) is 0 Å². The SMILES string of the molecule is S=C(NCc1ccccc1)N(Cc1cccs1)C[C@@H]1CCCO1. The van der Waals surface area contributed by atoms with E-state index in [1.807, 2.05) is 6.07 Å². The highest BCUT2D eigenvalue weighted by molar-refractivity contribution is 7.80. The standard InChI is InChI=1S/C18H22N2OS2/c22-18(19-12-15-6-2-1-3-7-15)20(13-16-8-4-10-21-16)14-17-9-5-11-23-17/h1-3,5-7,9,11,16H,4,8,10,12-14H2,(H,19,22)/t16-/m0/s1. The largest absolute Gasteiger partial charge is 0.376 e. The lowest BCUT2D eigenvalue weighted by molar-refractivity contribution is 0.0899. The molecule has 0 amide bonds. The second-order valence-electron chi connectivity index (χ2n) is 5.74. The Balaban J connectivity index is 1.59. The third-order valence-electron chi connectivity index (χ3n) is 3.95. The Morgan fingerprint density at radius 2 is 2.13 bits per heavy atom. The molecule has 5 heteroatoms. The summed E-state index contributed by atoms with van der Waals surface area (Å²) in [6.07, 6.45) is 2.58. The van der Waals surface area contributed by atoms with Crippen molar-refractivity contribution >= 4 is 28.7 Å². The van der Waals surface area contributed by atoms with E-state index in [0.29, 0.717) is 6.10 Å². The summed E-state index contributed by atoms with van der Waals surface area (Å²) in [5.74, 6) is 0. The molecule has 1 aliphatic rings. The fraction of sp³-hybridized carbons (Fsp3) is 0.389. The van der Waals surface area contributed by atoms with Crippen LogP contribution in [0.3, 0.4) is 0 Å². The first kappa shape index (κ1) is 16.4. The van der Waals surface area contributed by atoms with Gasteiger partial charge >= 0.3 is 0 Å². The number of ether oxygens (including phenoxy) is 1. The van der Waals surface area contributed by atoms with Crippen LogP contribution in [0.15, 0.2) is 47.8 Å². The first-order valence-corrected chi connectivity index (χ1v) is 9.31. The van der Waals surface area contributed by atoms with Crippen LogP contribution >= 0.6 is 23.6 Å². The van der Waals surface area contributed by atoms with Crippen molar-refractivity contribution < 1.29 is 4.74 Å². The summed E-state index contributed by atoms with van der Waals surface area (Å²) in [6, 6.07) is 14.6. The number of nitrogens with zero attached hydrogens (tertiary/aromatic N) is 1. The lowest BCUT2D eigenvalue weighted by Gasteiger charge is -2.28. The summed E-state index contributed by atoms with van der Waals surface area (Å²) in [7, 11) is 0. The molecule has 1 N–H and O–H groups in total. The Morgan fingerprint density at radius 1 is 1.26 bits per heavy atom. The fourth-order valence-electron chi connectivity index (χ4n) is 2.73. The van der Waals surface area contributed by atoms with Crippen LogP contribution in [-0.2, 0) is 17.8 Å². The molecule has 1 fully saturated rings. The molecule has 122 valence electrons. The molecule has 2 aromatic rings. The zero-order chi connectivity index (χ0) is 15.9. The van der Waals surface area contributed by atoms with Crippen LogP contribution in [0.2, 0.25) is 0 Å². The number of rotatable bonds is 6. The quantitative estimate of drug-likeness (QED) is 0.804. The highest BCUT2D eigenvalue weighted by Gasteiger charge is 2.21. The van der Waals surface area contributed by atoms with Crippen LogP contribution < -0.4 is 5.32 Å². The molecular weight excluding hydrogens is 324 g/mol. The maximum Gasteiger partial charge on any atom is 0.169 e. The van der Waals surface area contributed by atoms with Gasteiger partial charge in [0.15, 0.2) is 5.11 Å². The molecule has 1 saturated heterocycles. The summed E-state index contributed by atoms with van der Waals surface area (Å²) in [5, 5.41) is 6.31. The van der Waals surface area contributed by atoms with Crippen molar-refractivity contribution in [3.63, 3.8) is 0 Å². The average molecular weight is 347 g/mol. The lowest BCUT2D eigenvalue weighted by atomic mass is 10.2. The van der Waals surface area contributed by atoms with Crippen LogP contribution in [0.25, 0.3) is 0 Å². The van der Waals surface area contributed by atoms with Gasteiger partial charge in [-0.3, -0.25) is 0 Å². The van der Waals surface area contributed by atoms with Crippen LogP contribution in [0.1, 0.15) is 23.3 Å². The zero-order valence-electron chi connectivity index (χ0n) is 13.1. The van der Waals surface area contributed by atoms with Crippen molar-refractivity contribution in [2.45, 2.75) is 32.0 Å². The predicted octanol–water partition coefficient (Wildman–Crippen LogP) is 3.80. The molecule has 1 atom stereocenters. The molecule has 0 bridgehead atoms. The first-order valence-electron chi connectivity index (χ1n) is 8.02. The molecule has 3 nitrogen and oxygen atoms in total. The van der Waals surface area contributed by atoms with Gasteiger partial charge in [0.05, 0.1) is 12.6 Å². The normalized spacial score (nSPS) is 17.1. The summed E-state index contributed by atoms with van der Waals surface area (Å²) in [4.78, 5) is 3.56. The van der Waals surface area contributed by atoms with E-state index in [0.717, 1.165) is 44.2 Å². The second kappa shape index (κ2) is 8.43. The van der Waals surface area contributed by atoms with E-state index in [-0.39, 0.29) is 0 Å². The highest BCUT2D eigenvalue weighted by atomic mass is 32.1. The van der Waals surface area contributed by atoms with Gasteiger partial charge in [0.2, 0.25) is 0 Å². The van der Waals surface area contributed by atoms with Crippen LogP contribution in [0.5, 0.6) is 0 Å². The van der Waals surface area contributed by atoms with Crippen LogP contribution in [0.4, 0.5) is 0 Å². The van der Waals surface area contributed by atoms with E-state index in [4.69, 9.17) is 17.0 Å². The minimum Gasteiger partial charge on any atom is -0.376 e. The summed E-state index contributed by atoms with van der Waals surface area (Å²) in [6.45, 7) is 3.34. The second-order valence-corrected chi connectivity index (χ2v) is 7.16. The van der Waals surface area contributed by atoms with Gasteiger partial charge in [-0.1, -0.05) is 36.4 Å². The van der Waals surface area contributed by atoms with E-state index in [1.54, 1.807) is 11.3 Å². The summed E-state index contributed by atoms with van der Waals surface area (Å²) in [5.41, 5.74) is 1.24. The molecule has 1 aromatic carbocycles. The third-order valence-corrected chi connectivity index (χ3v) is 5.21. The van der Waals surface area contributed by atoms with E-state index in [2.05, 4.69) is 52.0 Å². The monoisotopic (exact) mass is 346 g/mol. The summed E-state index contributed by atoms with van der Waals surface area (Å²) >= 11 is 7.42. The van der Waals surface area contributed by atoms with Crippen molar-refractivity contribution in [3.05, 3.63) is 58.3 Å². The Bertz CT molecular complexity index is 595. The van der Waals surface area contributed by atoms with Gasteiger partial charge in [-0.25, -0.2) is 0 Å². The van der Waals surface area contributed by atoms with Gasteiger partial charge < -0.3 is 15.0 Å². The van der Waals surface area contributed by atoms with E-state index >= 15 is 0 Å². The minimum atomic E-state index is 0.298. The molecule has 0 radical (unpaired) electrons. The topological polar surface area (TPSA) is 24.5 Å². The zero-order valence-corrected chi connectivity index (χ0v) is 14.7. The molecule has 0 unspecified atom stereocenters. The minimum absolute atomic E-state index is 0.298. The molecule has 0 aliphatic carbocycles. The number of hydrogen-bond donors (Lipinski definition) is 1. The number of thiophene rings is 1. The Labute approximate surface area is 147 Å². The van der Waals surface area contributed by atoms with Gasteiger partial charge in [0.25, 0.3) is 0 Å². The number of thiocarbonyl (C=S) groups is 1. The van der Waals surface area contributed by atoms with E-state index in [1.165, 1.54) is 10.4 Å². The number of hydrogen-bond acceptors (Lipinski definition) is 3. The Kier molecular flexibility index (Phi) is 6.02. The Hall–Kier alpha value is -1.43. The van der Waals surface area contributed by atoms with Crippen LogP contribution in [0, 0.1) is 0 Å². The maximum absolute atomic E-state index is 5.79. The van der Waals surface area contributed by atoms with Gasteiger partial charge in [-0.2, -0.15) is 0 Å². The molecule has 2 heterocycles. The number of benzene rings is 1. The average Bonchev–Trinajstić information content (AvgIpc) is 3.27. The molecule has 1 aliphatic heterocycles. The van der Waals surface area contributed by atoms with Gasteiger partial charge in [0, 0.05) is 24.6 Å².